The molecule has 1 unspecified atom stereocenters. The molecule has 0 spiro atoms. The molecule has 1 aromatic rings. The van der Waals surface area contributed by atoms with Crippen LogP contribution in [-0.2, 0) is 6.42 Å². The molecule has 0 saturated heterocycles. The molecule has 0 bridgehead atoms. The lowest BCUT2D eigenvalue weighted by molar-refractivity contribution is 0.102. The van der Waals surface area contributed by atoms with E-state index in [-0.39, 0.29) is 6.42 Å². The van der Waals surface area contributed by atoms with E-state index in [9.17, 15) is 8.78 Å². The predicted molar refractivity (Wildman–Crippen MR) is 63.2 cm³/mol. The topological polar surface area (TPSA) is 21.3 Å². The van der Waals surface area contributed by atoms with Crippen LogP contribution in [0.4, 0.5) is 8.78 Å². The van der Waals surface area contributed by atoms with E-state index in [1.165, 1.54) is 7.05 Å². The molecule has 2 nitrogen and oxygen atoms in total. The van der Waals surface area contributed by atoms with E-state index in [0.29, 0.717) is 5.75 Å². The van der Waals surface area contributed by atoms with E-state index in [0.717, 1.165) is 10.0 Å². The normalized spacial score (nSPS) is 12.9. The summed E-state index contributed by atoms with van der Waals surface area (Å²) in [7, 11) is 3.08. The molecule has 0 heterocycles. The van der Waals surface area contributed by atoms with Gasteiger partial charge in [-0.3, -0.25) is 0 Å². The number of alkyl halides is 2. The van der Waals surface area contributed by atoms with Crippen LogP contribution in [0.15, 0.2) is 22.7 Å². The summed E-state index contributed by atoms with van der Waals surface area (Å²) in [6.45, 7) is 0. The molecular formula is C11H14BrF2NO. The fraction of sp³-hybridized carbons (Fsp3) is 0.455. The molecule has 0 aromatic heterocycles. The first-order valence-corrected chi connectivity index (χ1v) is 5.65. The zero-order valence-corrected chi connectivity index (χ0v) is 10.7. The zero-order chi connectivity index (χ0) is 12.1. The Morgan fingerprint density at radius 3 is 2.62 bits per heavy atom. The maximum Gasteiger partial charge on any atom is 0.254 e. The van der Waals surface area contributed by atoms with Gasteiger partial charge in [-0.2, -0.15) is 0 Å². The van der Waals surface area contributed by atoms with E-state index in [4.69, 9.17) is 4.74 Å². The number of ether oxygens (including phenoxy) is 1. The number of halogens is 3. The van der Waals surface area contributed by atoms with Crippen molar-refractivity contribution in [2.75, 3.05) is 14.2 Å². The smallest absolute Gasteiger partial charge is 0.254 e. The van der Waals surface area contributed by atoms with Crippen LogP contribution < -0.4 is 10.1 Å². The Bertz CT molecular complexity index is 347. The number of likely N-dealkylation sites (N-methyl/N-ethyl adjacent to an activating group) is 1. The highest BCUT2D eigenvalue weighted by molar-refractivity contribution is 9.10. The van der Waals surface area contributed by atoms with Crippen LogP contribution in [0.3, 0.4) is 0 Å². The molecule has 0 aliphatic carbocycles. The van der Waals surface area contributed by atoms with Crippen LogP contribution in [0.1, 0.15) is 5.56 Å². The van der Waals surface area contributed by atoms with Crippen LogP contribution >= 0.6 is 15.9 Å². The van der Waals surface area contributed by atoms with Crippen LogP contribution in [0.25, 0.3) is 0 Å². The Hall–Kier alpha value is -0.680. The fourth-order valence-electron chi connectivity index (χ4n) is 1.39. The number of nitrogens with one attached hydrogen (secondary N) is 1. The quantitative estimate of drug-likeness (QED) is 0.901. The Labute approximate surface area is 102 Å². The summed E-state index contributed by atoms with van der Waals surface area (Å²) >= 11 is 3.34. The van der Waals surface area contributed by atoms with Crippen molar-refractivity contribution in [3.05, 3.63) is 28.2 Å². The third-order valence-electron chi connectivity index (χ3n) is 2.37. The summed E-state index contributed by atoms with van der Waals surface area (Å²) in [5.74, 6) is 0.669. The molecule has 90 valence electrons. The van der Waals surface area contributed by atoms with Gasteiger partial charge in [0.05, 0.1) is 13.2 Å². The van der Waals surface area contributed by atoms with Gasteiger partial charge in [-0.1, -0.05) is 15.9 Å². The second-order valence-electron chi connectivity index (χ2n) is 3.39. The number of hydrogen-bond donors (Lipinski definition) is 1. The van der Waals surface area contributed by atoms with Gasteiger partial charge in [-0.25, -0.2) is 8.78 Å². The van der Waals surface area contributed by atoms with Gasteiger partial charge in [0.15, 0.2) is 0 Å². The molecule has 1 N–H and O–H groups in total. The van der Waals surface area contributed by atoms with E-state index in [2.05, 4.69) is 21.2 Å². The van der Waals surface area contributed by atoms with Gasteiger partial charge in [0.1, 0.15) is 5.75 Å². The van der Waals surface area contributed by atoms with Crippen LogP contribution in [0.5, 0.6) is 5.75 Å². The van der Waals surface area contributed by atoms with Crippen molar-refractivity contribution in [3.63, 3.8) is 0 Å². The van der Waals surface area contributed by atoms with Gasteiger partial charge in [0.25, 0.3) is 6.43 Å². The summed E-state index contributed by atoms with van der Waals surface area (Å²) in [4.78, 5) is 0. The Kier molecular flexibility index (Phi) is 5.15. The minimum absolute atomic E-state index is 0.256. The molecule has 0 aliphatic heterocycles. The monoisotopic (exact) mass is 293 g/mol. The van der Waals surface area contributed by atoms with Crippen molar-refractivity contribution in [1.29, 1.82) is 0 Å². The van der Waals surface area contributed by atoms with Gasteiger partial charge in [0, 0.05) is 4.47 Å². The van der Waals surface area contributed by atoms with E-state index in [1.54, 1.807) is 25.3 Å². The molecule has 16 heavy (non-hydrogen) atoms. The molecule has 1 rings (SSSR count). The Morgan fingerprint density at radius 1 is 1.44 bits per heavy atom. The predicted octanol–water partition coefficient (Wildman–Crippen LogP) is 2.85. The van der Waals surface area contributed by atoms with E-state index < -0.39 is 12.5 Å². The highest BCUT2D eigenvalue weighted by Crippen LogP contribution is 2.24. The van der Waals surface area contributed by atoms with Crippen molar-refractivity contribution in [2.24, 2.45) is 0 Å². The minimum atomic E-state index is -2.39. The second kappa shape index (κ2) is 6.15. The van der Waals surface area contributed by atoms with Gasteiger partial charge < -0.3 is 10.1 Å². The fourth-order valence-corrected chi connectivity index (χ4v) is 1.80. The molecule has 0 radical (unpaired) electrons. The van der Waals surface area contributed by atoms with E-state index in [1.807, 2.05) is 0 Å². The standard InChI is InChI=1S/C11H14BrF2NO/c1-15-10(11(13)14)6-7-5-8(16-2)3-4-9(7)12/h3-5,10-11,15H,6H2,1-2H3. The maximum absolute atomic E-state index is 12.6. The van der Waals surface area contributed by atoms with Crippen molar-refractivity contribution in [1.82, 2.24) is 5.32 Å². The average Bonchev–Trinajstić information content (AvgIpc) is 2.27. The summed E-state index contributed by atoms with van der Waals surface area (Å²) in [5, 5.41) is 2.60. The molecule has 1 aromatic carbocycles. The van der Waals surface area contributed by atoms with Gasteiger partial charge >= 0.3 is 0 Å². The Balaban J connectivity index is 2.86. The minimum Gasteiger partial charge on any atom is -0.497 e. The highest BCUT2D eigenvalue weighted by atomic mass is 79.9. The molecule has 1 atom stereocenters. The van der Waals surface area contributed by atoms with Crippen molar-refractivity contribution in [3.8, 4) is 5.75 Å². The second-order valence-corrected chi connectivity index (χ2v) is 4.25. The number of rotatable bonds is 5. The van der Waals surface area contributed by atoms with Gasteiger partial charge in [-0.15, -0.1) is 0 Å². The molecular weight excluding hydrogens is 280 g/mol. The zero-order valence-electron chi connectivity index (χ0n) is 9.14. The van der Waals surface area contributed by atoms with Crippen LogP contribution in [0, 0.1) is 0 Å². The lowest BCUT2D eigenvalue weighted by atomic mass is 10.1. The summed E-state index contributed by atoms with van der Waals surface area (Å²) < 4.78 is 31.1. The van der Waals surface area contributed by atoms with Crippen LogP contribution in [-0.4, -0.2) is 26.6 Å². The van der Waals surface area contributed by atoms with Crippen molar-refractivity contribution < 1.29 is 13.5 Å². The number of hydrogen-bond acceptors (Lipinski definition) is 2. The summed E-state index contributed by atoms with van der Waals surface area (Å²) in [6.07, 6.45) is -2.13. The van der Waals surface area contributed by atoms with Crippen LogP contribution in [0.2, 0.25) is 0 Å². The molecule has 0 fully saturated rings. The number of methoxy groups -OCH3 is 1. The molecule has 0 saturated carbocycles. The highest BCUT2D eigenvalue weighted by Gasteiger charge is 2.19. The third-order valence-corrected chi connectivity index (χ3v) is 3.14. The lowest BCUT2D eigenvalue weighted by Gasteiger charge is -2.16. The maximum atomic E-state index is 12.6. The van der Waals surface area contributed by atoms with Crippen molar-refractivity contribution >= 4 is 15.9 Å². The SMILES string of the molecule is CNC(Cc1cc(OC)ccc1Br)C(F)F. The van der Waals surface area contributed by atoms with Gasteiger partial charge in [-0.05, 0) is 37.2 Å². The largest absolute Gasteiger partial charge is 0.497 e. The first-order valence-electron chi connectivity index (χ1n) is 4.86. The first-order chi connectivity index (χ1) is 7.58. The van der Waals surface area contributed by atoms with Gasteiger partial charge in [0.2, 0.25) is 0 Å². The summed E-state index contributed by atoms with van der Waals surface area (Å²) in [6, 6.07) is 4.50. The summed E-state index contributed by atoms with van der Waals surface area (Å²) in [5.41, 5.74) is 0.805. The van der Waals surface area contributed by atoms with E-state index >= 15 is 0 Å². The van der Waals surface area contributed by atoms with Crippen molar-refractivity contribution in [2.45, 2.75) is 18.9 Å². The molecule has 5 heteroatoms. The first kappa shape index (κ1) is 13.4. The third kappa shape index (κ3) is 3.42. The average molecular weight is 294 g/mol. The molecule has 0 amide bonds. The number of benzene rings is 1. The Morgan fingerprint density at radius 2 is 2.12 bits per heavy atom. The molecule has 0 aliphatic rings. The lowest BCUT2D eigenvalue weighted by Crippen LogP contribution is -2.34.